The first-order valence-corrected chi connectivity index (χ1v) is 7.11. The molecule has 4 rings (SSSR count). The molecule has 2 aromatic rings. The molecule has 0 radical (unpaired) electrons. The van der Waals surface area contributed by atoms with Crippen LogP contribution in [0, 0.1) is 0 Å². The number of hydrazine groups is 1. The number of rotatable bonds is 2. The van der Waals surface area contributed by atoms with Crippen molar-refractivity contribution < 1.29 is 9.53 Å². The van der Waals surface area contributed by atoms with Crippen molar-refractivity contribution in [2.45, 2.75) is 12.6 Å². The van der Waals surface area contributed by atoms with Crippen molar-refractivity contribution in [3.63, 3.8) is 0 Å². The summed E-state index contributed by atoms with van der Waals surface area (Å²) in [5, 5.41) is 3.99. The fourth-order valence-electron chi connectivity index (χ4n) is 3.07. The summed E-state index contributed by atoms with van der Waals surface area (Å²) in [7, 11) is 1.62. The number of hydrogen-bond donors (Lipinski definition) is 0. The summed E-state index contributed by atoms with van der Waals surface area (Å²) in [6, 6.07) is 15.7. The molecule has 0 N–H and O–H groups in total. The van der Waals surface area contributed by atoms with Crippen molar-refractivity contribution in [3.8, 4) is 5.75 Å². The van der Waals surface area contributed by atoms with Crippen molar-refractivity contribution in [2.24, 2.45) is 0 Å². The molecule has 1 fully saturated rings. The molecule has 0 saturated carbocycles. The first-order chi connectivity index (χ1) is 10.3. The van der Waals surface area contributed by atoms with Gasteiger partial charge in [-0.3, -0.25) is 4.79 Å². The van der Waals surface area contributed by atoms with Gasteiger partial charge in [0.15, 0.2) is 0 Å². The molecular formula is C17H16N2O2. The zero-order valence-corrected chi connectivity index (χ0v) is 11.8. The molecule has 0 spiro atoms. The average Bonchev–Trinajstić information content (AvgIpc) is 3.29. The van der Waals surface area contributed by atoms with Gasteiger partial charge in [0.25, 0.3) is 5.91 Å². The maximum Gasteiger partial charge on any atom is 0.270 e. The van der Waals surface area contributed by atoms with Crippen molar-refractivity contribution in [1.29, 1.82) is 0 Å². The van der Waals surface area contributed by atoms with Crippen LogP contribution in [0.15, 0.2) is 48.5 Å². The second-order valence-corrected chi connectivity index (χ2v) is 5.36. The Morgan fingerprint density at radius 3 is 2.67 bits per heavy atom. The molecule has 106 valence electrons. The average molecular weight is 280 g/mol. The minimum atomic E-state index is 0.0550. The summed E-state index contributed by atoms with van der Waals surface area (Å²) in [5.41, 5.74) is 3.30. The van der Waals surface area contributed by atoms with E-state index in [2.05, 4.69) is 23.2 Å². The van der Waals surface area contributed by atoms with Gasteiger partial charge in [-0.2, -0.15) is 5.01 Å². The van der Waals surface area contributed by atoms with Gasteiger partial charge in [-0.15, -0.1) is 0 Å². The highest BCUT2D eigenvalue weighted by Crippen LogP contribution is 2.46. The van der Waals surface area contributed by atoms with Crippen LogP contribution in [-0.4, -0.2) is 29.6 Å². The number of fused-ring (bicyclic) bond motifs is 3. The Balaban J connectivity index is 1.60. The van der Waals surface area contributed by atoms with E-state index in [1.54, 1.807) is 7.11 Å². The number of ether oxygens (including phenoxy) is 1. The Kier molecular flexibility index (Phi) is 2.72. The summed E-state index contributed by atoms with van der Waals surface area (Å²) in [5.74, 6) is 0.819. The highest BCUT2D eigenvalue weighted by atomic mass is 16.5. The van der Waals surface area contributed by atoms with Crippen molar-refractivity contribution in [3.05, 3.63) is 65.2 Å². The maximum atomic E-state index is 12.6. The molecule has 2 aliphatic heterocycles. The molecule has 1 saturated heterocycles. The van der Waals surface area contributed by atoms with Crippen LogP contribution in [-0.2, 0) is 6.42 Å². The van der Waals surface area contributed by atoms with E-state index in [9.17, 15) is 4.79 Å². The third kappa shape index (κ3) is 1.91. The fourth-order valence-corrected chi connectivity index (χ4v) is 3.07. The second-order valence-electron chi connectivity index (χ2n) is 5.36. The van der Waals surface area contributed by atoms with Gasteiger partial charge in [-0.05, 0) is 41.8 Å². The Morgan fingerprint density at radius 1 is 1.14 bits per heavy atom. The van der Waals surface area contributed by atoms with E-state index in [1.165, 1.54) is 11.1 Å². The molecule has 4 heteroatoms. The second kappa shape index (κ2) is 4.60. The van der Waals surface area contributed by atoms with Crippen LogP contribution in [0.2, 0.25) is 0 Å². The van der Waals surface area contributed by atoms with E-state index in [0.29, 0.717) is 5.56 Å². The number of nitrogens with zero attached hydrogens (tertiary/aromatic N) is 2. The van der Waals surface area contributed by atoms with Crippen molar-refractivity contribution >= 4 is 5.91 Å². The van der Waals surface area contributed by atoms with Gasteiger partial charge in [0, 0.05) is 12.1 Å². The van der Waals surface area contributed by atoms with Gasteiger partial charge in [0.05, 0.1) is 7.11 Å². The Bertz CT molecular complexity index is 696. The van der Waals surface area contributed by atoms with Crippen LogP contribution in [0.25, 0.3) is 0 Å². The van der Waals surface area contributed by atoms with E-state index < -0.39 is 0 Å². The van der Waals surface area contributed by atoms with E-state index in [4.69, 9.17) is 4.74 Å². The normalized spacial score (nSPS) is 22.2. The lowest BCUT2D eigenvalue weighted by Crippen LogP contribution is -2.18. The van der Waals surface area contributed by atoms with Crippen LogP contribution in [0.1, 0.15) is 27.7 Å². The summed E-state index contributed by atoms with van der Waals surface area (Å²) in [6.07, 6.45) is 1.11. The van der Waals surface area contributed by atoms with Gasteiger partial charge < -0.3 is 4.74 Å². The fraction of sp³-hybridized carbons (Fsp3) is 0.235. The van der Waals surface area contributed by atoms with Gasteiger partial charge >= 0.3 is 0 Å². The van der Waals surface area contributed by atoms with Crippen molar-refractivity contribution in [2.75, 3.05) is 13.7 Å². The summed E-state index contributed by atoms with van der Waals surface area (Å²) >= 11 is 0. The minimum Gasteiger partial charge on any atom is -0.497 e. The molecule has 0 aromatic heterocycles. The number of amides is 1. The molecule has 2 aliphatic rings. The predicted molar refractivity (Wildman–Crippen MR) is 78.8 cm³/mol. The Morgan fingerprint density at radius 2 is 1.90 bits per heavy atom. The number of hydrogen-bond acceptors (Lipinski definition) is 3. The predicted octanol–water partition coefficient (Wildman–Crippen LogP) is 2.62. The lowest BCUT2D eigenvalue weighted by molar-refractivity contribution is 0.0808. The van der Waals surface area contributed by atoms with Crippen LogP contribution < -0.4 is 4.74 Å². The van der Waals surface area contributed by atoms with E-state index >= 15 is 0 Å². The summed E-state index contributed by atoms with van der Waals surface area (Å²) < 4.78 is 5.13. The topological polar surface area (TPSA) is 32.3 Å². The smallest absolute Gasteiger partial charge is 0.270 e. The van der Waals surface area contributed by atoms with Gasteiger partial charge in [-0.25, -0.2) is 5.01 Å². The third-order valence-corrected chi connectivity index (χ3v) is 4.22. The molecule has 0 aliphatic carbocycles. The summed E-state index contributed by atoms with van der Waals surface area (Å²) in [6.45, 7) is 0.906. The largest absolute Gasteiger partial charge is 0.497 e. The van der Waals surface area contributed by atoms with Crippen LogP contribution in [0.4, 0.5) is 0 Å². The molecule has 21 heavy (non-hydrogen) atoms. The van der Waals surface area contributed by atoms with Crippen LogP contribution >= 0.6 is 0 Å². The van der Waals surface area contributed by atoms with E-state index in [1.807, 2.05) is 35.3 Å². The molecule has 2 heterocycles. The summed E-state index contributed by atoms with van der Waals surface area (Å²) in [4.78, 5) is 12.6. The number of carbonyl (C=O) groups is 1. The van der Waals surface area contributed by atoms with Crippen LogP contribution in [0.3, 0.4) is 0 Å². The minimum absolute atomic E-state index is 0.0550. The van der Waals surface area contributed by atoms with E-state index in [0.717, 1.165) is 18.7 Å². The first kappa shape index (κ1) is 12.4. The van der Waals surface area contributed by atoms with Crippen molar-refractivity contribution in [1.82, 2.24) is 10.0 Å². The lowest BCUT2D eigenvalue weighted by atomic mass is 10.0. The van der Waals surface area contributed by atoms with Gasteiger partial charge in [0.1, 0.15) is 11.9 Å². The molecule has 0 bridgehead atoms. The Labute approximate surface area is 123 Å². The molecule has 2 aromatic carbocycles. The zero-order valence-electron chi connectivity index (χ0n) is 11.8. The molecule has 4 nitrogen and oxygen atoms in total. The number of benzene rings is 2. The van der Waals surface area contributed by atoms with Crippen LogP contribution in [0.5, 0.6) is 5.75 Å². The third-order valence-electron chi connectivity index (χ3n) is 4.22. The molecular weight excluding hydrogens is 264 g/mol. The highest BCUT2D eigenvalue weighted by molar-refractivity contribution is 5.95. The maximum absolute atomic E-state index is 12.6. The SMILES string of the molecule is COc1ccc(C(=O)N2C3c4ccccc4CCN32)cc1. The molecule has 2 atom stereocenters. The Hall–Kier alpha value is -2.33. The van der Waals surface area contributed by atoms with E-state index in [-0.39, 0.29) is 12.1 Å². The lowest BCUT2D eigenvalue weighted by Gasteiger charge is -2.11. The monoisotopic (exact) mass is 280 g/mol. The molecule has 2 unspecified atom stereocenters. The number of carbonyl (C=O) groups excluding carboxylic acids is 1. The van der Waals surface area contributed by atoms with Gasteiger partial charge in [0.2, 0.25) is 0 Å². The first-order valence-electron chi connectivity index (χ1n) is 7.11. The quantitative estimate of drug-likeness (QED) is 0.793. The van der Waals surface area contributed by atoms with Gasteiger partial charge in [-0.1, -0.05) is 24.3 Å². The standard InChI is InChI=1S/C17H16N2O2/c1-21-14-8-6-13(7-9-14)17(20)19-16-15-5-3-2-4-12(15)10-11-18(16)19/h2-9,16H,10-11H2,1H3. The number of methoxy groups -OCH3 is 1. The zero-order chi connectivity index (χ0) is 14.4. The molecule has 1 amide bonds. The highest BCUT2D eigenvalue weighted by Gasteiger charge is 2.52.